The SMILES string of the molecule is c1ccc(-c2ccc(-c3ccc(C(Cc4ccc(-c5ccc(N(c6ccc(-c7ccccc7)cc6)c6ccc(-c7ccccc7)cc6)cc5)cc4)c4ccccc4)cc3)cc2)cc1. The number of nitrogens with zero attached hydrogens (tertiary/aromatic N) is 1. The molecular formula is C62H47N. The molecule has 0 radical (unpaired) electrons. The van der Waals surface area contributed by atoms with Crippen molar-refractivity contribution in [3.63, 3.8) is 0 Å². The predicted molar refractivity (Wildman–Crippen MR) is 267 cm³/mol. The van der Waals surface area contributed by atoms with Gasteiger partial charge in [-0.3, -0.25) is 0 Å². The molecule has 0 bridgehead atoms. The Bertz CT molecular complexity index is 2900. The van der Waals surface area contributed by atoms with Crippen molar-refractivity contribution in [1.29, 1.82) is 0 Å². The molecule has 1 atom stereocenters. The van der Waals surface area contributed by atoms with E-state index in [1.165, 1.54) is 72.3 Å². The number of anilines is 3. The molecule has 0 saturated heterocycles. The number of benzene rings is 10. The average molecular weight is 806 g/mol. The van der Waals surface area contributed by atoms with Crippen LogP contribution in [0, 0.1) is 0 Å². The first-order valence-corrected chi connectivity index (χ1v) is 21.8. The summed E-state index contributed by atoms with van der Waals surface area (Å²) in [5, 5.41) is 0. The van der Waals surface area contributed by atoms with Crippen molar-refractivity contribution in [2.45, 2.75) is 12.3 Å². The third-order valence-electron chi connectivity index (χ3n) is 12.2. The van der Waals surface area contributed by atoms with Gasteiger partial charge in [0.25, 0.3) is 0 Å². The summed E-state index contributed by atoms with van der Waals surface area (Å²) >= 11 is 0. The molecule has 0 aliphatic rings. The van der Waals surface area contributed by atoms with Gasteiger partial charge in [0.1, 0.15) is 0 Å². The normalized spacial score (nSPS) is 11.5. The van der Waals surface area contributed by atoms with Gasteiger partial charge in [-0.2, -0.15) is 0 Å². The largest absolute Gasteiger partial charge is 0.311 e. The molecular weight excluding hydrogens is 759 g/mol. The maximum absolute atomic E-state index is 2.34. The van der Waals surface area contributed by atoms with Crippen molar-refractivity contribution in [3.8, 4) is 55.6 Å². The first kappa shape index (κ1) is 39.2. The lowest BCUT2D eigenvalue weighted by atomic mass is 9.85. The summed E-state index contributed by atoms with van der Waals surface area (Å²) in [5.41, 5.74) is 19.4. The molecule has 0 aliphatic carbocycles. The van der Waals surface area contributed by atoms with Crippen LogP contribution in [0.25, 0.3) is 55.6 Å². The molecule has 10 aromatic rings. The topological polar surface area (TPSA) is 3.24 Å². The first-order chi connectivity index (χ1) is 31.2. The monoisotopic (exact) mass is 805 g/mol. The molecule has 0 spiro atoms. The number of hydrogen-bond acceptors (Lipinski definition) is 1. The van der Waals surface area contributed by atoms with Gasteiger partial charge in [0.15, 0.2) is 0 Å². The van der Waals surface area contributed by atoms with Crippen LogP contribution in [0.5, 0.6) is 0 Å². The fourth-order valence-electron chi connectivity index (χ4n) is 8.69. The van der Waals surface area contributed by atoms with Gasteiger partial charge in [-0.05, 0) is 115 Å². The molecule has 1 heteroatoms. The highest BCUT2D eigenvalue weighted by Gasteiger charge is 2.17. The van der Waals surface area contributed by atoms with Crippen molar-refractivity contribution >= 4 is 17.1 Å². The summed E-state index contributed by atoms with van der Waals surface area (Å²) in [4.78, 5) is 2.34. The van der Waals surface area contributed by atoms with Crippen LogP contribution in [-0.2, 0) is 6.42 Å². The molecule has 10 rings (SSSR count). The second-order valence-corrected chi connectivity index (χ2v) is 16.1. The lowest BCUT2D eigenvalue weighted by molar-refractivity contribution is 0.805. The Labute approximate surface area is 371 Å². The predicted octanol–water partition coefficient (Wildman–Crippen LogP) is 16.9. The van der Waals surface area contributed by atoms with Crippen LogP contribution in [0.1, 0.15) is 22.6 Å². The lowest BCUT2D eigenvalue weighted by Crippen LogP contribution is -2.09. The minimum atomic E-state index is 0.236. The summed E-state index contributed by atoms with van der Waals surface area (Å²) in [6.45, 7) is 0. The van der Waals surface area contributed by atoms with Gasteiger partial charge in [-0.15, -0.1) is 0 Å². The minimum Gasteiger partial charge on any atom is -0.311 e. The zero-order chi connectivity index (χ0) is 42.2. The highest BCUT2D eigenvalue weighted by Crippen LogP contribution is 2.38. The smallest absolute Gasteiger partial charge is 0.0462 e. The molecule has 0 N–H and O–H groups in total. The van der Waals surface area contributed by atoms with Gasteiger partial charge in [0, 0.05) is 23.0 Å². The molecule has 1 unspecified atom stereocenters. The average Bonchev–Trinajstić information content (AvgIpc) is 3.38. The quantitative estimate of drug-likeness (QED) is 0.119. The van der Waals surface area contributed by atoms with E-state index in [0.29, 0.717) is 0 Å². The van der Waals surface area contributed by atoms with Gasteiger partial charge in [-0.25, -0.2) is 0 Å². The van der Waals surface area contributed by atoms with Crippen LogP contribution in [0.15, 0.2) is 267 Å². The van der Waals surface area contributed by atoms with Crippen molar-refractivity contribution < 1.29 is 0 Å². The second kappa shape index (κ2) is 18.3. The Balaban J connectivity index is 0.887. The van der Waals surface area contributed by atoms with Gasteiger partial charge in [-0.1, -0.05) is 231 Å². The van der Waals surface area contributed by atoms with Crippen molar-refractivity contribution in [2.24, 2.45) is 0 Å². The van der Waals surface area contributed by atoms with E-state index in [2.05, 4.69) is 272 Å². The van der Waals surface area contributed by atoms with Crippen LogP contribution in [0.3, 0.4) is 0 Å². The van der Waals surface area contributed by atoms with E-state index in [-0.39, 0.29) is 5.92 Å². The van der Waals surface area contributed by atoms with E-state index in [0.717, 1.165) is 23.5 Å². The highest BCUT2D eigenvalue weighted by molar-refractivity contribution is 5.81. The van der Waals surface area contributed by atoms with E-state index < -0.39 is 0 Å². The van der Waals surface area contributed by atoms with Crippen LogP contribution in [-0.4, -0.2) is 0 Å². The molecule has 0 fully saturated rings. The lowest BCUT2D eigenvalue weighted by Gasteiger charge is -2.26. The second-order valence-electron chi connectivity index (χ2n) is 16.1. The molecule has 0 heterocycles. The standard InChI is InChI=1S/C62H47N/c1-5-13-47(14-6-1)51-25-27-52(28-26-51)53-29-31-58(32-30-53)62(57-19-11-4-12-20-57)45-46-21-23-50(24-22-46)56-37-43-61(44-38-56)63(59-39-33-54(34-40-59)48-15-7-2-8-16-48)60-41-35-55(36-42-60)49-17-9-3-10-18-49/h1-44,62H,45H2. The van der Waals surface area contributed by atoms with E-state index in [1.807, 2.05) is 0 Å². The van der Waals surface area contributed by atoms with Crippen LogP contribution >= 0.6 is 0 Å². The fourth-order valence-corrected chi connectivity index (χ4v) is 8.69. The Hall–Kier alpha value is -8.00. The molecule has 0 saturated carbocycles. The van der Waals surface area contributed by atoms with Crippen molar-refractivity contribution in [3.05, 3.63) is 284 Å². The van der Waals surface area contributed by atoms with E-state index in [9.17, 15) is 0 Å². The maximum Gasteiger partial charge on any atom is 0.0462 e. The highest BCUT2D eigenvalue weighted by atomic mass is 15.1. The molecule has 300 valence electrons. The Kier molecular flexibility index (Phi) is 11.4. The summed E-state index contributed by atoms with van der Waals surface area (Å²) in [6, 6.07) is 96.6. The molecule has 0 aliphatic heterocycles. The van der Waals surface area contributed by atoms with Crippen LogP contribution in [0.4, 0.5) is 17.1 Å². The Morgan fingerprint density at radius 2 is 0.460 bits per heavy atom. The third kappa shape index (κ3) is 8.91. The molecule has 1 nitrogen and oxygen atoms in total. The minimum absolute atomic E-state index is 0.236. The van der Waals surface area contributed by atoms with Crippen LogP contribution in [0.2, 0.25) is 0 Å². The molecule has 0 aromatic heterocycles. The van der Waals surface area contributed by atoms with Gasteiger partial charge < -0.3 is 4.90 Å². The third-order valence-corrected chi connectivity index (χ3v) is 12.2. The zero-order valence-electron chi connectivity index (χ0n) is 35.1. The molecule has 63 heavy (non-hydrogen) atoms. The van der Waals surface area contributed by atoms with Gasteiger partial charge in [0.05, 0.1) is 0 Å². The van der Waals surface area contributed by atoms with E-state index in [4.69, 9.17) is 0 Å². The summed E-state index contributed by atoms with van der Waals surface area (Å²) < 4.78 is 0. The number of rotatable bonds is 12. The van der Waals surface area contributed by atoms with Gasteiger partial charge >= 0.3 is 0 Å². The summed E-state index contributed by atoms with van der Waals surface area (Å²) in [5.74, 6) is 0.236. The Morgan fingerprint density at radius 1 is 0.222 bits per heavy atom. The maximum atomic E-state index is 2.34. The summed E-state index contributed by atoms with van der Waals surface area (Å²) in [6.07, 6.45) is 0.912. The molecule has 0 amide bonds. The van der Waals surface area contributed by atoms with Crippen LogP contribution < -0.4 is 4.90 Å². The number of hydrogen-bond donors (Lipinski definition) is 0. The first-order valence-electron chi connectivity index (χ1n) is 21.8. The van der Waals surface area contributed by atoms with Gasteiger partial charge in [0.2, 0.25) is 0 Å². The Morgan fingerprint density at radius 3 is 0.794 bits per heavy atom. The van der Waals surface area contributed by atoms with Crippen molar-refractivity contribution in [2.75, 3.05) is 4.90 Å². The fraction of sp³-hybridized carbons (Fsp3) is 0.0323. The van der Waals surface area contributed by atoms with E-state index >= 15 is 0 Å². The van der Waals surface area contributed by atoms with E-state index in [1.54, 1.807) is 0 Å². The van der Waals surface area contributed by atoms with Crippen molar-refractivity contribution in [1.82, 2.24) is 0 Å². The summed E-state index contributed by atoms with van der Waals surface area (Å²) in [7, 11) is 0. The zero-order valence-corrected chi connectivity index (χ0v) is 35.1. The molecule has 10 aromatic carbocycles.